The molecular weight excluding hydrogens is 424 g/mol. The van der Waals surface area contributed by atoms with Crippen LogP contribution in [0.4, 0.5) is 0 Å². The molecule has 0 amide bonds. The molecule has 0 radical (unpaired) electrons. The summed E-state index contributed by atoms with van der Waals surface area (Å²) in [6.07, 6.45) is 17.2. The molecule has 0 aliphatic carbocycles. The Morgan fingerprint density at radius 3 is 1.72 bits per heavy atom. The molecule has 0 fully saturated rings. The highest BCUT2D eigenvalue weighted by atomic mass is 32.2. The smallest absolute Gasteiger partial charge is 0.298 e. The molecule has 5 nitrogen and oxygen atoms in total. The molecule has 0 atom stereocenters. The van der Waals surface area contributed by atoms with Crippen LogP contribution in [0.5, 0.6) is 17.2 Å². The van der Waals surface area contributed by atoms with Gasteiger partial charge in [0.15, 0.2) is 0 Å². The number of phenolic OH excluding ortho intramolecular Hbond substituents is 1. The van der Waals surface area contributed by atoms with Crippen molar-refractivity contribution < 1.29 is 22.8 Å². The molecule has 0 aliphatic rings. The zero-order valence-corrected chi connectivity index (χ0v) is 20.1. The van der Waals surface area contributed by atoms with Crippen LogP contribution in [0.1, 0.15) is 89.5 Å². The van der Waals surface area contributed by atoms with Crippen molar-refractivity contribution in [2.75, 3.05) is 0 Å². The van der Waals surface area contributed by atoms with E-state index in [1.165, 1.54) is 94.7 Å². The molecule has 0 spiro atoms. The highest BCUT2D eigenvalue weighted by Gasteiger charge is 2.16. The van der Waals surface area contributed by atoms with Crippen LogP contribution in [0, 0.1) is 0 Å². The van der Waals surface area contributed by atoms with Crippen LogP contribution in [-0.2, 0) is 16.5 Å². The van der Waals surface area contributed by atoms with Crippen LogP contribution in [-0.4, -0.2) is 18.1 Å². The average molecular weight is 463 g/mol. The van der Waals surface area contributed by atoms with Gasteiger partial charge in [-0.15, -0.1) is 0 Å². The second-order valence-corrected chi connectivity index (χ2v) is 9.88. The molecule has 0 aromatic heterocycles. The van der Waals surface area contributed by atoms with E-state index in [1.807, 2.05) is 24.3 Å². The Morgan fingerprint density at radius 2 is 1.22 bits per heavy atom. The molecule has 0 aliphatic heterocycles. The van der Waals surface area contributed by atoms with Gasteiger partial charge in [-0.2, -0.15) is 8.42 Å². The molecule has 2 aromatic rings. The van der Waals surface area contributed by atoms with Gasteiger partial charge in [-0.3, -0.25) is 4.55 Å². The van der Waals surface area contributed by atoms with Crippen molar-refractivity contribution in [2.24, 2.45) is 0 Å². The molecule has 32 heavy (non-hydrogen) atoms. The largest absolute Gasteiger partial charge is 0.506 e. The molecule has 0 bridgehead atoms. The molecule has 0 saturated heterocycles. The lowest BCUT2D eigenvalue weighted by Crippen LogP contribution is -1.98. The monoisotopic (exact) mass is 462 g/mol. The van der Waals surface area contributed by atoms with E-state index >= 15 is 0 Å². The van der Waals surface area contributed by atoms with Crippen molar-refractivity contribution in [3.63, 3.8) is 0 Å². The number of ether oxygens (including phenoxy) is 1. The van der Waals surface area contributed by atoms with E-state index < -0.39 is 20.8 Å². The summed E-state index contributed by atoms with van der Waals surface area (Å²) in [4.78, 5) is -0.539. The van der Waals surface area contributed by atoms with Crippen LogP contribution in [0.3, 0.4) is 0 Å². The molecule has 2 N–H and O–H groups in total. The Labute approximate surface area is 193 Å². The van der Waals surface area contributed by atoms with E-state index in [2.05, 4.69) is 6.92 Å². The predicted octanol–water partition coefficient (Wildman–Crippen LogP) is 7.67. The fourth-order valence-electron chi connectivity index (χ4n) is 3.81. The van der Waals surface area contributed by atoms with Gasteiger partial charge in [-0.05, 0) is 42.7 Å². The van der Waals surface area contributed by atoms with E-state index in [0.717, 1.165) is 12.5 Å². The standard InChI is InChI=1S/C26H38O5S/c1-2-3-4-5-6-7-8-9-10-11-12-13-14-22-15-17-23(18-16-22)31-24-19-20-26(25(27)21-24)32(28,29)30/h15-21,27H,2-14H2,1H3,(H,28,29,30). The van der Waals surface area contributed by atoms with Gasteiger partial charge in [0, 0.05) is 6.07 Å². The van der Waals surface area contributed by atoms with Crippen LogP contribution in [0.25, 0.3) is 0 Å². The molecule has 6 heteroatoms. The maximum atomic E-state index is 11.1. The van der Waals surface area contributed by atoms with Gasteiger partial charge >= 0.3 is 0 Å². The van der Waals surface area contributed by atoms with Gasteiger partial charge in [-0.25, -0.2) is 0 Å². The minimum Gasteiger partial charge on any atom is -0.506 e. The minimum absolute atomic E-state index is 0.295. The Bertz CT molecular complexity index is 891. The van der Waals surface area contributed by atoms with E-state index in [0.29, 0.717) is 11.5 Å². The van der Waals surface area contributed by atoms with Crippen LogP contribution >= 0.6 is 0 Å². The maximum Gasteiger partial charge on any atom is 0.298 e. The van der Waals surface area contributed by atoms with Gasteiger partial charge < -0.3 is 9.84 Å². The number of aryl methyl sites for hydroxylation is 1. The number of hydrogen-bond donors (Lipinski definition) is 2. The summed E-state index contributed by atoms with van der Waals surface area (Å²) in [6, 6.07) is 11.5. The van der Waals surface area contributed by atoms with Crippen molar-refractivity contribution in [3.05, 3.63) is 48.0 Å². The molecule has 2 aromatic carbocycles. The van der Waals surface area contributed by atoms with Gasteiger partial charge in [0.25, 0.3) is 10.1 Å². The van der Waals surface area contributed by atoms with Crippen molar-refractivity contribution in [3.8, 4) is 17.2 Å². The highest BCUT2D eigenvalue weighted by Crippen LogP contribution is 2.30. The maximum absolute atomic E-state index is 11.1. The van der Waals surface area contributed by atoms with Crippen LogP contribution in [0.15, 0.2) is 47.4 Å². The number of aromatic hydroxyl groups is 1. The van der Waals surface area contributed by atoms with Crippen molar-refractivity contribution in [2.45, 2.75) is 95.3 Å². The average Bonchev–Trinajstić information content (AvgIpc) is 2.75. The zero-order valence-electron chi connectivity index (χ0n) is 19.3. The van der Waals surface area contributed by atoms with E-state index in [-0.39, 0.29) is 0 Å². The molecule has 0 unspecified atom stereocenters. The molecule has 178 valence electrons. The van der Waals surface area contributed by atoms with Crippen LogP contribution in [0.2, 0.25) is 0 Å². The third-order valence-electron chi connectivity index (χ3n) is 5.69. The van der Waals surface area contributed by atoms with Gasteiger partial charge in [-0.1, -0.05) is 89.7 Å². The first-order valence-electron chi connectivity index (χ1n) is 12.0. The van der Waals surface area contributed by atoms with Gasteiger partial charge in [0.05, 0.1) is 0 Å². The number of rotatable bonds is 16. The Morgan fingerprint density at radius 1 is 0.719 bits per heavy atom. The first kappa shape index (κ1) is 26.2. The summed E-state index contributed by atoms with van der Waals surface area (Å²) < 4.78 is 37.0. The van der Waals surface area contributed by atoms with Crippen LogP contribution < -0.4 is 4.74 Å². The summed E-state index contributed by atoms with van der Waals surface area (Å²) in [5.74, 6) is 0.347. The normalized spacial score (nSPS) is 11.6. The van der Waals surface area contributed by atoms with Gasteiger partial charge in [0.1, 0.15) is 22.1 Å². The Balaban J connectivity index is 1.61. The Hall–Kier alpha value is -2.05. The first-order valence-corrected chi connectivity index (χ1v) is 13.4. The van der Waals surface area contributed by atoms with Crippen molar-refractivity contribution in [1.82, 2.24) is 0 Å². The minimum atomic E-state index is -4.46. The lowest BCUT2D eigenvalue weighted by Gasteiger charge is -2.09. The second-order valence-electron chi connectivity index (χ2n) is 8.49. The molecular formula is C26H38O5S. The topological polar surface area (TPSA) is 83.8 Å². The fraction of sp³-hybridized carbons (Fsp3) is 0.538. The van der Waals surface area contributed by atoms with E-state index in [4.69, 9.17) is 9.29 Å². The number of unbranched alkanes of at least 4 members (excludes halogenated alkanes) is 11. The summed E-state index contributed by atoms with van der Waals surface area (Å²) in [5.41, 5.74) is 1.26. The third-order valence-corrected chi connectivity index (χ3v) is 6.59. The predicted molar refractivity (Wildman–Crippen MR) is 129 cm³/mol. The first-order chi connectivity index (χ1) is 15.4. The van der Waals surface area contributed by atoms with E-state index in [9.17, 15) is 13.5 Å². The van der Waals surface area contributed by atoms with Gasteiger partial charge in [0.2, 0.25) is 0 Å². The van der Waals surface area contributed by atoms with Crippen molar-refractivity contribution in [1.29, 1.82) is 0 Å². The zero-order chi connectivity index (χ0) is 23.2. The highest BCUT2D eigenvalue weighted by molar-refractivity contribution is 7.86. The number of benzene rings is 2. The number of hydrogen-bond acceptors (Lipinski definition) is 4. The summed E-state index contributed by atoms with van der Waals surface area (Å²) >= 11 is 0. The molecule has 2 rings (SSSR count). The molecule has 0 saturated carbocycles. The lowest BCUT2D eigenvalue weighted by molar-refractivity contribution is 0.433. The third kappa shape index (κ3) is 10.0. The van der Waals surface area contributed by atoms with E-state index in [1.54, 1.807) is 0 Å². The fourth-order valence-corrected chi connectivity index (χ4v) is 4.37. The SMILES string of the molecule is CCCCCCCCCCCCCCc1ccc(Oc2ccc(S(=O)(=O)O)c(O)c2)cc1. The quantitative estimate of drug-likeness (QED) is 0.197. The summed E-state index contributed by atoms with van der Waals surface area (Å²) in [5, 5.41) is 9.77. The second kappa shape index (κ2) is 14.2. The Kier molecular flexibility index (Phi) is 11.6. The lowest BCUT2D eigenvalue weighted by atomic mass is 10.0. The molecule has 0 heterocycles. The number of phenols is 1. The van der Waals surface area contributed by atoms with Crippen molar-refractivity contribution >= 4 is 10.1 Å². The summed E-state index contributed by atoms with van der Waals surface area (Å²) in [6.45, 7) is 2.26. The summed E-state index contributed by atoms with van der Waals surface area (Å²) in [7, 11) is -4.46.